The predicted octanol–water partition coefficient (Wildman–Crippen LogP) is 3.00. The van der Waals surface area contributed by atoms with Gasteiger partial charge in [-0.1, -0.05) is 24.6 Å². The molecule has 0 bridgehead atoms. The van der Waals surface area contributed by atoms with Gasteiger partial charge in [0.2, 0.25) is 0 Å². The van der Waals surface area contributed by atoms with E-state index in [2.05, 4.69) is 29.6 Å². The molecule has 0 amide bonds. The van der Waals surface area contributed by atoms with Crippen molar-refractivity contribution in [3.05, 3.63) is 34.7 Å². The minimum atomic E-state index is 0.632. The highest BCUT2D eigenvalue weighted by Crippen LogP contribution is 2.29. The molecule has 1 aliphatic carbocycles. The van der Waals surface area contributed by atoms with Crippen LogP contribution in [0.25, 0.3) is 10.1 Å². The van der Waals surface area contributed by atoms with Crippen LogP contribution in [-0.4, -0.2) is 6.04 Å². The van der Waals surface area contributed by atoms with Crippen molar-refractivity contribution >= 4 is 21.4 Å². The largest absolute Gasteiger partial charge is 0.326 e. The zero-order chi connectivity index (χ0) is 11.7. The van der Waals surface area contributed by atoms with Gasteiger partial charge in [-0.3, -0.25) is 0 Å². The number of nitrogens with two attached hydrogens (primary N) is 1. The highest BCUT2D eigenvalue weighted by atomic mass is 32.1. The summed E-state index contributed by atoms with van der Waals surface area (Å²) in [4.78, 5) is 1.42. The molecule has 1 aromatic carbocycles. The van der Waals surface area contributed by atoms with Crippen molar-refractivity contribution in [3.63, 3.8) is 0 Å². The average molecular weight is 246 g/mol. The normalized spacial score (nSPS) is 16.3. The van der Waals surface area contributed by atoms with Crippen LogP contribution in [0.2, 0.25) is 0 Å². The van der Waals surface area contributed by atoms with Gasteiger partial charge >= 0.3 is 0 Å². The van der Waals surface area contributed by atoms with Gasteiger partial charge in [-0.15, -0.1) is 11.3 Å². The second-order valence-corrected chi connectivity index (χ2v) is 5.90. The second kappa shape index (κ2) is 4.77. The second-order valence-electron chi connectivity index (χ2n) is 4.76. The lowest BCUT2D eigenvalue weighted by Crippen LogP contribution is -2.34. The van der Waals surface area contributed by atoms with Crippen LogP contribution < -0.4 is 11.1 Å². The molecular weight excluding hydrogens is 228 g/mol. The Bertz CT molecular complexity index is 514. The van der Waals surface area contributed by atoms with Gasteiger partial charge in [0.05, 0.1) is 0 Å². The fourth-order valence-corrected chi connectivity index (χ4v) is 3.41. The van der Waals surface area contributed by atoms with E-state index in [4.69, 9.17) is 5.73 Å². The number of hydrogen-bond acceptors (Lipinski definition) is 3. The lowest BCUT2D eigenvalue weighted by molar-refractivity contribution is 0.339. The summed E-state index contributed by atoms with van der Waals surface area (Å²) in [5, 5.41) is 4.95. The maximum Gasteiger partial charge on any atom is 0.0391 e. The maximum absolute atomic E-state index is 5.77. The Balaban J connectivity index is 1.80. The number of nitrogens with one attached hydrogen (secondary N) is 1. The standard InChI is InChI=1S/C14H18N2S/c15-8-11-4-1-3-10-7-13(17-14(10)11)9-16-12-5-2-6-12/h1,3-4,7,12,16H,2,5-6,8-9,15H2. The zero-order valence-electron chi connectivity index (χ0n) is 9.91. The first kappa shape index (κ1) is 11.2. The van der Waals surface area contributed by atoms with Crippen LogP contribution in [0.4, 0.5) is 0 Å². The molecular formula is C14H18N2S. The average Bonchev–Trinajstić information content (AvgIpc) is 2.69. The summed E-state index contributed by atoms with van der Waals surface area (Å²) in [6, 6.07) is 9.46. The Morgan fingerprint density at radius 1 is 1.35 bits per heavy atom. The lowest BCUT2D eigenvalue weighted by atomic mass is 9.93. The molecule has 0 radical (unpaired) electrons. The molecule has 0 aliphatic heterocycles. The molecule has 17 heavy (non-hydrogen) atoms. The zero-order valence-corrected chi connectivity index (χ0v) is 10.7. The van der Waals surface area contributed by atoms with E-state index < -0.39 is 0 Å². The third kappa shape index (κ3) is 2.23. The monoisotopic (exact) mass is 246 g/mol. The number of fused-ring (bicyclic) bond motifs is 1. The van der Waals surface area contributed by atoms with Crippen LogP contribution in [0.5, 0.6) is 0 Å². The molecule has 1 saturated carbocycles. The Hall–Kier alpha value is -0.900. The van der Waals surface area contributed by atoms with Gasteiger partial charge in [0, 0.05) is 28.7 Å². The summed E-state index contributed by atoms with van der Waals surface area (Å²) in [6.07, 6.45) is 4.08. The molecule has 2 nitrogen and oxygen atoms in total. The molecule has 0 unspecified atom stereocenters. The Morgan fingerprint density at radius 3 is 2.94 bits per heavy atom. The van der Waals surface area contributed by atoms with Gasteiger partial charge in [-0.25, -0.2) is 0 Å². The topological polar surface area (TPSA) is 38.0 Å². The first-order chi connectivity index (χ1) is 8.36. The van der Waals surface area contributed by atoms with E-state index in [1.54, 1.807) is 0 Å². The van der Waals surface area contributed by atoms with Crippen molar-refractivity contribution in [2.75, 3.05) is 0 Å². The molecule has 2 aromatic rings. The number of rotatable bonds is 4. The fraction of sp³-hybridized carbons (Fsp3) is 0.429. The van der Waals surface area contributed by atoms with Crippen LogP contribution >= 0.6 is 11.3 Å². The van der Waals surface area contributed by atoms with Crippen LogP contribution in [0.3, 0.4) is 0 Å². The summed E-state index contributed by atoms with van der Waals surface area (Å²) in [5.41, 5.74) is 7.04. The molecule has 3 N–H and O–H groups in total. The molecule has 90 valence electrons. The summed E-state index contributed by atoms with van der Waals surface area (Å²) in [7, 11) is 0. The number of hydrogen-bond donors (Lipinski definition) is 2. The van der Waals surface area contributed by atoms with Gasteiger partial charge in [0.15, 0.2) is 0 Å². The first-order valence-electron chi connectivity index (χ1n) is 6.30. The van der Waals surface area contributed by atoms with Crippen molar-refractivity contribution < 1.29 is 0 Å². The van der Waals surface area contributed by atoms with Gasteiger partial charge in [0.25, 0.3) is 0 Å². The maximum atomic E-state index is 5.77. The van der Waals surface area contributed by atoms with Crippen LogP contribution in [0, 0.1) is 0 Å². The van der Waals surface area contributed by atoms with E-state index in [1.165, 1.54) is 39.8 Å². The molecule has 0 atom stereocenters. The van der Waals surface area contributed by atoms with E-state index in [9.17, 15) is 0 Å². The van der Waals surface area contributed by atoms with Crippen molar-refractivity contribution in [3.8, 4) is 0 Å². The molecule has 1 aliphatic rings. The van der Waals surface area contributed by atoms with Crippen LogP contribution in [0.1, 0.15) is 29.7 Å². The van der Waals surface area contributed by atoms with Gasteiger partial charge in [-0.2, -0.15) is 0 Å². The van der Waals surface area contributed by atoms with Crippen molar-refractivity contribution in [1.82, 2.24) is 5.32 Å². The summed E-state index contributed by atoms with van der Waals surface area (Å²) in [5.74, 6) is 0. The van der Waals surface area contributed by atoms with E-state index in [-0.39, 0.29) is 0 Å². The molecule has 1 heterocycles. The van der Waals surface area contributed by atoms with Gasteiger partial charge in [0.1, 0.15) is 0 Å². The molecule has 1 aromatic heterocycles. The van der Waals surface area contributed by atoms with Crippen LogP contribution in [-0.2, 0) is 13.1 Å². The summed E-state index contributed by atoms with van der Waals surface area (Å²) < 4.78 is 1.36. The summed E-state index contributed by atoms with van der Waals surface area (Å²) in [6.45, 7) is 1.64. The fourth-order valence-electron chi connectivity index (χ4n) is 2.28. The van der Waals surface area contributed by atoms with Crippen molar-refractivity contribution in [1.29, 1.82) is 0 Å². The Morgan fingerprint density at radius 2 is 2.24 bits per heavy atom. The van der Waals surface area contributed by atoms with Crippen molar-refractivity contribution in [2.45, 2.75) is 38.4 Å². The van der Waals surface area contributed by atoms with E-state index in [0.29, 0.717) is 6.54 Å². The van der Waals surface area contributed by atoms with Gasteiger partial charge in [-0.05, 0) is 29.9 Å². The molecule has 3 rings (SSSR count). The minimum Gasteiger partial charge on any atom is -0.326 e. The molecule has 1 fully saturated rings. The highest BCUT2D eigenvalue weighted by molar-refractivity contribution is 7.19. The first-order valence-corrected chi connectivity index (χ1v) is 7.12. The number of thiophene rings is 1. The van der Waals surface area contributed by atoms with E-state index in [0.717, 1.165) is 12.6 Å². The third-order valence-corrected chi connectivity index (χ3v) is 4.79. The minimum absolute atomic E-state index is 0.632. The Labute approximate surface area is 106 Å². The van der Waals surface area contributed by atoms with E-state index >= 15 is 0 Å². The van der Waals surface area contributed by atoms with Gasteiger partial charge < -0.3 is 11.1 Å². The molecule has 0 saturated heterocycles. The molecule has 0 spiro atoms. The third-order valence-electron chi connectivity index (χ3n) is 3.57. The summed E-state index contributed by atoms with van der Waals surface area (Å²) >= 11 is 1.88. The Kier molecular flexibility index (Phi) is 3.14. The smallest absolute Gasteiger partial charge is 0.0391 e. The number of benzene rings is 1. The van der Waals surface area contributed by atoms with Crippen LogP contribution in [0.15, 0.2) is 24.3 Å². The van der Waals surface area contributed by atoms with Crippen molar-refractivity contribution in [2.24, 2.45) is 5.73 Å². The molecule has 3 heteroatoms. The quantitative estimate of drug-likeness (QED) is 0.870. The lowest BCUT2D eigenvalue weighted by Gasteiger charge is -2.26. The predicted molar refractivity (Wildman–Crippen MR) is 74.2 cm³/mol. The van der Waals surface area contributed by atoms with E-state index in [1.807, 2.05) is 11.3 Å². The SMILES string of the molecule is NCc1cccc2cc(CNC3CCC3)sc12. The highest BCUT2D eigenvalue weighted by Gasteiger charge is 2.16.